The van der Waals surface area contributed by atoms with E-state index in [1.807, 2.05) is 12.5 Å². The van der Waals surface area contributed by atoms with E-state index >= 15 is 0 Å². The summed E-state index contributed by atoms with van der Waals surface area (Å²) in [6.45, 7) is 3.65. The molecule has 19 heavy (non-hydrogen) atoms. The molecule has 0 heterocycles. The predicted octanol–water partition coefficient (Wildman–Crippen LogP) is 4.97. The molecule has 0 saturated carbocycles. The molecule has 2 nitrogen and oxygen atoms in total. The summed E-state index contributed by atoms with van der Waals surface area (Å²) in [6, 6.07) is 6.87. The molecule has 0 saturated heterocycles. The molecule has 0 bridgehead atoms. The van der Waals surface area contributed by atoms with Gasteiger partial charge in [-0.15, -0.1) is 23.5 Å². The molecule has 0 spiro atoms. The van der Waals surface area contributed by atoms with Crippen LogP contribution >= 0.6 is 46.7 Å². The Labute approximate surface area is 131 Å². The Balaban J connectivity index is 2.99. The fourth-order valence-corrected chi connectivity index (χ4v) is 3.27. The molecule has 0 aliphatic heterocycles. The molecule has 0 aromatic heterocycles. The Morgan fingerprint density at radius 2 is 1.74 bits per heavy atom. The minimum Gasteiger partial charge on any atom is -0.322 e. The van der Waals surface area contributed by atoms with Crippen LogP contribution in [0.15, 0.2) is 45.7 Å². The van der Waals surface area contributed by atoms with E-state index in [1.165, 1.54) is 23.5 Å². The maximum Gasteiger partial charge on any atom is 0.258 e. The highest BCUT2D eigenvalue weighted by Gasteiger charge is 2.17. The van der Waals surface area contributed by atoms with Crippen LogP contribution in [0.25, 0.3) is 0 Å². The van der Waals surface area contributed by atoms with Gasteiger partial charge in [-0.2, -0.15) is 0 Å². The van der Waals surface area contributed by atoms with E-state index in [4.69, 9.17) is 23.2 Å². The van der Waals surface area contributed by atoms with Crippen molar-refractivity contribution in [3.8, 4) is 0 Å². The lowest BCUT2D eigenvalue weighted by atomic mass is 10.2. The molecule has 0 unspecified atom stereocenters. The Kier molecular flexibility index (Phi) is 6.86. The minimum atomic E-state index is -0.277. The summed E-state index contributed by atoms with van der Waals surface area (Å²) in [5.74, 6) is -0.277. The first kappa shape index (κ1) is 16.5. The third-order valence-electron chi connectivity index (χ3n) is 2.18. The van der Waals surface area contributed by atoms with Crippen LogP contribution in [0.2, 0.25) is 5.02 Å². The Morgan fingerprint density at radius 1 is 1.21 bits per heavy atom. The summed E-state index contributed by atoms with van der Waals surface area (Å²) >= 11 is 14.6. The van der Waals surface area contributed by atoms with Crippen molar-refractivity contribution < 1.29 is 4.79 Å². The van der Waals surface area contributed by atoms with Crippen LogP contribution in [0.4, 0.5) is 5.69 Å². The second-order valence-corrected chi connectivity index (χ2v) is 6.22. The highest BCUT2D eigenvalue weighted by atomic mass is 35.5. The van der Waals surface area contributed by atoms with Crippen molar-refractivity contribution in [1.82, 2.24) is 0 Å². The normalized spacial score (nSPS) is 9.89. The maximum atomic E-state index is 12.2. The molecule has 1 N–H and O–H groups in total. The van der Waals surface area contributed by atoms with Gasteiger partial charge in [0, 0.05) is 15.7 Å². The van der Waals surface area contributed by atoms with Gasteiger partial charge in [0.2, 0.25) is 0 Å². The van der Waals surface area contributed by atoms with Crippen molar-refractivity contribution in [3.05, 3.63) is 50.7 Å². The lowest BCUT2D eigenvalue weighted by Crippen LogP contribution is -2.15. The number of hydrogen-bond donors (Lipinski definition) is 1. The number of halogens is 2. The first-order valence-electron chi connectivity index (χ1n) is 5.23. The van der Waals surface area contributed by atoms with Crippen LogP contribution < -0.4 is 5.32 Å². The third-order valence-corrected chi connectivity index (χ3v) is 4.77. The van der Waals surface area contributed by atoms with Gasteiger partial charge in [-0.05, 0) is 36.8 Å². The number of hydrogen-bond acceptors (Lipinski definition) is 3. The first-order chi connectivity index (χ1) is 8.99. The molecule has 0 fully saturated rings. The van der Waals surface area contributed by atoms with E-state index in [-0.39, 0.29) is 10.9 Å². The largest absolute Gasteiger partial charge is 0.322 e. The standard InChI is InChI=1S/C13H13Cl2NOS2/c1-8(14)11(13(18-2)19-3)12(17)16-10-6-4-9(15)5-7-10/h4-7H,1H2,2-3H3,(H,16,17). The molecule has 1 aromatic rings. The fraction of sp³-hybridized carbons (Fsp3) is 0.154. The second kappa shape index (κ2) is 7.90. The summed E-state index contributed by atoms with van der Waals surface area (Å²) < 4.78 is 0.825. The van der Waals surface area contributed by atoms with Crippen molar-refractivity contribution in [2.45, 2.75) is 0 Å². The van der Waals surface area contributed by atoms with Gasteiger partial charge >= 0.3 is 0 Å². The van der Waals surface area contributed by atoms with Gasteiger partial charge < -0.3 is 5.32 Å². The van der Waals surface area contributed by atoms with E-state index in [9.17, 15) is 4.79 Å². The third kappa shape index (κ3) is 4.80. The molecule has 0 atom stereocenters. The van der Waals surface area contributed by atoms with Crippen molar-refractivity contribution in [2.75, 3.05) is 17.8 Å². The van der Waals surface area contributed by atoms with Crippen molar-refractivity contribution in [3.63, 3.8) is 0 Å². The van der Waals surface area contributed by atoms with Crippen LogP contribution in [0.1, 0.15) is 0 Å². The van der Waals surface area contributed by atoms with E-state index in [0.717, 1.165) is 4.24 Å². The molecule has 0 radical (unpaired) electrons. The van der Waals surface area contributed by atoms with Crippen LogP contribution in [-0.4, -0.2) is 18.4 Å². The number of carbonyl (C=O) groups excluding carboxylic acids is 1. The van der Waals surface area contributed by atoms with Crippen molar-refractivity contribution >= 4 is 58.3 Å². The molecular weight excluding hydrogens is 321 g/mol. The van der Waals surface area contributed by atoms with E-state index in [2.05, 4.69) is 11.9 Å². The molecular formula is C13H13Cl2NOS2. The lowest BCUT2D eigenvalue weighted by molar-refractivity contribution is -0.112. The fourth-order valence-electron chi connectivity index (χ4n) is 1.34. The maximum absolute atomic E-state index is 12.2. The predicted molar refractivity (Wildman–Crippen MR) is 89.1 cm³/mol. The van der Waals surface area contributed by atoms with Crippen LogP contribution in [0.3, 0.4) is 0 Å². The molecule has 1 rings (SSSR count). The Bertz CT molecular complexity index is 506. The second-order valence-electron chi connectivity index (χ2n) is 3.44. The lowest BCUT2D eigenvalue weighted by Gasteiger charge is -2.11. The van der Waals surface area contributed by atoms with Crippen LogP contribution in [-0.2, 0) is 4.79 Å². The van der Waals surface area contributed by atoms with Gasteiger partial charge in [-0.25, -0.2) is 0 Å². The zero-order chi connectivity index (χ0) is 14.4. The SMILES string of the molecule is C=C(Cl)C(C(=O)Nc1ccc(Cl)cc1)=C(SC)SC. The molecule has 1 aromatic carbocycles. The van der Waals surface area contributed by atoms with Crippen LogP contribution in [0, 0.1) is 0 Å². The number of carbonyl (C=O) groups is 1. The average molecular weight is 334 g/mol. The van der Waals surface area contributed by atoms with Crippen LogP contribution in [0.5, 0.6) is 0 Å². The Morgan fingerprint density at radius 3 is 2.16 bits per heavy atom. The number of nitrogens with one attached hydrogen (secondary N) is 1. The number of benzene rings is 1. The highest BCUT2D eigenvalue weighted by molar-refractivity contribution is 8.21. The Hall–Kier alpha value is -0.550. The summed E-state index contributed by atoms with van der Waals surface area (Å²) in [4.78, 5) is 12.2. The van der Waals surface area contributed by atoms with Gasteiger partial charge in [0.15, 0.2) is 0 Å². The average Bonchev–Trinajstić information content (AvgIpc) is 2.37. The van der Waals surface area contributed by atoms with Gasteiger partial charge in [-0.1, -0.05) is 29.8 Å². The minimum absolute atomic E-state index is 0.227. The summed E-state index contributed by atoms with van der Waals surface area (Å²) in [6.07, 6.45) is 3.78. The summed E-state index contributed by atoms with van der Waals surface area (Å²) in [5, 5.41) is 3.61. The number of thioether (sulfide) groups is 2. The molecule has 0 aliphatic carbocycles. The molecule has 1 amide bonds. The number of amides is 1. The van der Waals surface area contributed by atoms with Gasteiger partial charge in [0.25, 0.3) is 5.91 Å². The molecule has 0 aliphatic rings. The first-order valence-corrected chi connectivity index (χ1v) is 8.44. The van der Waals surface area contributed by atoms with Crippen molar-refractivity contribution in [2.24, 2.45) is 0 Å². The number of rotatable bonds is 5. The van der Waals surface area contributed by atoms with E-state index in [0.29, 0.717) is 16.3 Å². The smallest absolute Gasteiger partial charge is 0.258 e. The summed E-state index contributed by atoms with van der Waals surface area (Å²) in [5.41, 5.74) is 1.06. The quantitative estimate of drug-likeness (QED) is 0.609. The highest BCUT2D eigenvalue weighted by Crippen LogP contribution is 2.32. The van der Waals surface area contributed by atoms with Gasteiger partial charge in [0.05, 0.1) is 9.81 Å². The van der Waals surface area contributed by atoms with E-state index in [1.54, 1.807) is 24.3 Å². The molecule has 6 heteroatoms. The molecule has 102 valence electrons. The van der Waals surface area contributed by atoms with Crippen molar-refractivity contribution in [1.29, 1.82) is 0 Å². The number of anilines is 1. The summed E-state index contributed by atoms with van der Waals surface area (Å²) in [7, 11) is 0. The van der Waals surface area contributed by atoms with Gasteiger partial charge in [0.1, 0.15) is 0 Å². The van der Waals surface area contributed by atoms with Gasteiger partial charge in [-0.3, -0.25) is 4.79 Å². The monoisotopic (exact) mass is 333 g/mol. The zero-order valence-electron chi connectivity index (χ0n) is 10.5. The van der Waals surface area contributed by atoms with E-state index < -0.39 is 0 Å². The zero-order valence-corrected chi connectivity index (χ0v) is 13.6. The topological polar surface area (TPSA) is 29.1 Å².